The van der Waals surface area contributed by atoms with Crippen LogP contribution >= 0.6 is 11.3 Å². The van der Waals surface area contributed by atoms with Gasteiger partial charge in [-0.15, -0.1) is 10.2 Å². The molecular weight excluding hydrogens is 302 g/mol. The van der Waals surface area contributed by atoms with Crippen molar-refractivity contribution in [2.45, 2.75) is 11.8 Å². The molecule has 0 amide bonds. The van der Waals surface area contributed by atoms with Crippen molar-refractivity contribution in [3.63, 3.8) is 0 Å². The van der Waals surface area contributed by atoms with E-state index in [4.69, 9.17) is 0 Å². The highest BCUT2D eigenvalue weighted by atomic mass is 32.2. The van der Waals surface area contributed by atoms with Crippen LogP contribution in [0.2, 0.25) is 0 Å². The summed E-state index contributed by atoms with van der Waals surface area (Å²) in [5, 5.41) is 8.17. The van der Waals surface area contributed by atoms with Gasteiger partial charge in [-0.2, -0.15) is 0 Å². The van der Waals surface area contributed by atoms with E-state index in [9.17, 15) is 13.2 Å². The van der Waals surface area contributed by atoms with E-state index in [0.29, 0.717) is 5.01 Å². The molecule has 0 bridgehead atoms. The lowest BCUT2D eigenvalue weighted by Gasteiger charge is -2.08. The van der Waals surface area contributed by atoms with Gasteiger partial charge < -0.3 is 4.74 Å². The van der Waals surface area contributed by atoms with Crippen LogP contribution in [0.15, 0.2) is 29.2 Å². The highest BCUT2D eigenvalue weighted by molar-refractivity contribution is 7.93. The van der Waals surface area contributed by atoms with Crippen molar-refractivity contribution in [2.24, 2.45) is 0 Å². The topological polar surface area (TPSA) is 98.2 Å². The predicted octanol–water partition coefficient (Wildman–Crippen LogP) is 1.43. The fourth-order valence-corrected chi connectivity index (χ4v) is 3.51. The zero-order chi connectivity index (χ0) is 14.8. The molecule has 1 heterocycles. The Bertz CT molecular complexity index is 740. The molecule has 0 spiro atoms. The molecule has 0 aliphatic rings. The Hall–Kier alpha value is -2.00. The Labute approximate surface area is 119 Å². The molecule has 0 fully saturated rings. The minimum Gasteiger partial charge on any atom is -0.465 e. The van der Waals surface area contributed by atoms with Crippen LogP contribution in [0, 0.1) is 6.92 Å². The maximum absolute atomic E-state index is 12.3. The first-order valence-electron chi connectivity index (χ1n) is 5.44. The summed E-state index contributed by atoms with van der Waals surface area (Å²) in [4.78, 5) is 11.4. The first kappa shape index (κ1) is 14.4. The highest BCUT2D eigenvalue weighted by Crippen LogP contribution is 2.22. The summed E-state index contributed by atoms with van der Waals surface area (Å²) in [5.74, 6) is -0.723. The monoisotopic (exact) mass is 313 g/mol. The van der Waals surface area contributed by atoms with Gasteiger partial charge in [0.1, 0.15) is 9.90 Å². The predicted molar refractivity (Wildman–Crippen MR) is 73.2 cm³/mol. The van der Waals surface area contributed by atoms with Crippen LogP contribution in [0.5, 0.6) is 0 Å². The molecule has 2 aromatic rings. The zero-order valence-electron chi connectivity index (χ0n) is 10.7. The van der Waals surface area contributed by atoms with Gasteiger partial charge in [-0.25, -0.2) is 13.2 Å². The quantitative estimate of drug-likeness (QED) is 0.857. The standard InChI is InChI=1S/C11H11N3O4S2/c1-7-12-13-11(19-7)14-20(16,17)9-6-4-3-5-8(9)10(15)18-2/h3-6H,1-2H3,(H,13,14). The average Bonchev–Trinajstić information content (AvgIpc) is 2.82. The number of rotatable bonds is 4. The van der Waals surface area contributed by atoms with Crippen LogP contribution in [-0.4, -0.2) is 31.7 Å². The molecule has 0 aliphatic carbocycles. The summed E-state index contributed by atoms with van der Waals surface area (Å²) in [6.07, 6.45) is 0. The van der Waals surface area contributed by atoms with Crippen LogP contribution in [0.25, 0.3) is 0 Å². The van der Waals surface area contributed by atoms with E-state index in [2.05, 4.69) is 19.7 Å². The lowest BCUT2D eigenvalue weighted by Crippen LogP contribution is -2.17. The molecule has 7 nitrogen and oxygen atoms in total. The molecular formula is C11H11N3O4S2. The van der Waals surface area contributed by atoms with Gasteiger partial charge in [-0.1, -0.05) is 23.5 Å². The maximum atomic E-state index is 12.3. The molecule has 20 heavy (non-hydrogen) atoms. The summed E-state index contributed by atoms with van der Waals surface area (Å²) >= 11 is 1.10. The van der Waals surface area contributed by atoms with Gasteiger partial charge in [-0.3, -0.25) is 4.72 Å². The molecule has 0 atom stereocenters. The van der Waals surface area contributed by atoms with Crippen molar-refractivity contribution in [3.05, 3.63) is 34.8 Å². The normalized spacial score (nSPS) is 11.1. The van der Waals surface area contributed by atoms with Gasteiger partial charge >= 0.3 is 5.97 Å². The summed E-state index contributed by atoms with van der Waals surface area (Å²) in [5.41, 5.74) is -0.0382. The van der Waals surface area contributed by atoms with E-state index in [0.717, 1.165) is 11.3 Å². The molecule has 1 aromatic heterocycles. The summed E-state index contributed by atoms with van der Waals surface area (Å²) in [6, 6.07) is 5.78. The number of ether oxygens (including phenoxy) is 1. The molecule has 9 heteroatoms. The summed E-state index contributed by atoms with van der Waals surface area (Å²) < 4.78 is 31.4. The number of methoxy groups -OCH3 is 1. The van der Waals surface area contributed by atoms with Crippen molar-refractivity contribution in [1.82, 2.24) is 10.2 Å². The van der Waals surface area contributed by atoms with E-state index < -0.39 is 16.0 Å². The van der Waals surface area contributed by atoms with Crippen LogP contribution in [0.1, 0.15) is 15.4 Å². The Balaban J connectivity index is 2.42. The third kappa shape index (κ3) is 2.94. The minimum absolute atomic E-state index is 0.0382. The Kier molecular flexibility index (Phi) is 4.00. The number of sulfonamides is 1. The molecule has 0 saturated carbocycles. The second-order valence-corrected chi connectivity index (χ2v) is 6.55. The van der Waals surface area contributed by atoms with Crippen molar-refractivity contribution in [1.29, 1.82) is 0 Å². The number of nitrogens with one attached hydrogen (secondary N) is 1. The number of carbonyl (C=O) groups is 1. The van der Waals surface area contributed by atoms with Gasteiger partial charge in [0.25, 0.3) is 10.0 Å². The average molecular weight is 313 g/mol. The largest absolute Gasteiger partial charge is 0.465 e. The third-order valence-corrected chi connectivity index (χ3v) is 4.61. The summed E-state index contributed by atoms with van der Waals surface area (Å²) in [6.45, 7) is 1.71. The number of aromatic nitrogens is 2. The van der Waals surface area contributed by atoms with E-state index in [-0.39, 0.29) is 15.6 Å². The lowest BCUT2D eigenvalue weighted by molar-refractivity contribution is 0.0596. The third-order valence-electron chi connectivity index (χ3n) is 2.33. The fraction of sp³-hybridized carbons (Fsp3) is 0.182. The van der Waals surface area contributed by atoms with Gasteiger partial charge in [-0.05, 0) is 19.1 Å². The molecule has 106 valence electrons. The number of hydrogen-bond acceptors (Lipinski definition) is 7. The highest BCUT2D eigenvalue weighted by Gasteiger charge is 2.23. The maximum Gasteiger partial charge on any atom is 0.339 e. The molecule has 1 N–H and O–H groups in total. The van der Waals surface area contributed by atoms with Crippen LogP contribution in [0.3, 0.4) is 0 Å². The summed E-state index contributed by atoms with van der Waals surface area (Å²) in [7, 11) is -2.74. The molecule has 1 aromatic carbocycles. The van der Waals surface area contributed by atoms with Crippen molar-refractivity contribution in [3.8, 4) is 0 Å². The van der Waals surface area contributed by atoms with Gasteiger partial charge in [0.15, 0.2) is 0 Å². The number of carbonyl (C=O) groups excluding carboxylic acids is 1. The van der Waals surface area contributed by atoms with Gasteiger partial charge in [0.05, 0.1) is 12.7 Å². The molecule has 0 unspecified atom stereocenters. The number of esters is 1. The number of hydrogen-bond donors (Lipinski definition) is 1. The SMILES string of the molecule is COC(=O)c1ccccc1S(=O)(=O)Nc1nnc(C)s1. The van der Waals surface area contributed by atoms with Crippen molar-refractivity contribution < 1.29 is 17.9 Å². The van der Waals surface area contributed by atoms with Crippen LogP contribution in [0.4, 0.5) is 5.13 Å². The van der Waals surface area contributed by atoms with E-state index in [1.807, 2.05) is 0 Å². The second-order valence-electron chi connectivity index (χ2n) is 3.72. The number of anilines is 1. The Morgan fingerprint density at radius 1 is 1.30 bits per heavy atom. The molecule has 0 aliphatic heterocycles. The molecule has 0 saturated heterocycles. The smallest absolute Gasteiger partial charge is 0.339 e. The minimum atomic E-state index is -3.93. The van der Waals surface area contributed by atoms with Gasteiger partial charge in [0.2, 0.25) is 5.13 Å². The van der Waals surface area contributed by atoms with E-state index in [1.165, 1.54) is 25.3 Å². The van der Waals surface area contributed by atoms with E-state index >= 15 is 0 Å². The second kappa shape index (κ2) is 5.55. The molecule has 2 rings (SSSR count). The van der Waals surface area contributed by atoms with E-state index in [1.54, 1.807) is 13.0 Å². The number of nitrogens with zero attached hydrogens (tertiary/aromatic N) is 2. The fourth-order valence-electron chi connectivity index (χ4n) is 1.49. The lowest BCUT2D eigenvalue weighted by atomic mass is 10.2. The Morgan fingerprint density at radius 3 is 2.60 bits per heavy atom. The zero-order valence-corrected chi connectivity index (χ0v) is 12.3. The van der Waals surface area contributed by atoms with Crippen molar-refractivity contribution in [2.75, 3.05) is 11.8 Å². The van der Waals surface area contributed by atoms with Crippen LogP contribution in [-0.2, 0) is 14.8 Å². The van der Waals surface area contributed by atoms with Crippen molar-refractivity contribution >= 4 is 32.5 Å². The number of benzene rings is 1. The van der Waals surface area contributed by atoms with Crippen LogP contribution < -0.4 is 4.72 Å². The first-order chi connectivity index (χ1) is 9.44. The molecule has 0 radical (unpaired) electrons. The first-order valence-corrected chi connectivity index (χ1v) is 7.74. The van der Waals surface area contributed by atoms with Gasteiger partial charge in [0, 0.05) is 0 Å². The number of aryl methyl sites for hydroxylation is 1. The Morgan fingerprint density at radius 2 is 2.00 bits per heavy atom.